The molecule has 0 radical (unpaired) electrons. The molecule has 0 aliphatic carbocycles. The molecule has 1 atom stereocenters. The minimum absolute atomic E-state index is 0.0198. The fraction of sp³-hybridized carbons (Fsp3) is 0.462. The smallest absolute Gasteiger partial charge is 0.347 e. The molecular formula is C13H18O5. The number of methoxy groups -OCH3 is 2. The lowest BCUT2D eigenvalue weighted by Crippen LogP contribution is -2.31. The first kappa shape index (κ1) is 14.3. The largest absolute Gasteiger partial charge is 0.493 e. The predicted molar refractivity (Wildman–Crippen MR) is 66.3 cm³/mol. The van der Waals surface area contributed by atoms with Gasteiger partial charge in [-0.15, -0.1) is 0 Å². The molecule has 0 bridgehead atoms. The van der Waals surface area contributed by atoms with Crippen LogP contribution in [0.15, 0.2) is 18.2 Å². The summed E-state index contributed by atoms with van der Waals surface area (Å²) in [6.45, 7) is 2.01. The average Bonchev–Trinajstić information content (AvgIpc) is 2.38. The first-order valence-electron chi connectivity index (χ1n) is 5.67. The van der Waals surface area contributed by atoms with Crippen molar-refractivity contribution in [2.75, 3.05) is 20.8 Å². The van der Waals surface area contributed by atoms with Gasteiger partial charge in [-0.05, 0) is 24.1 Å². The maximum Gasteiger partial charge on any atom is 0.347 e. The third-order valence-corrected chi connectivity index (χ3v) is 2.50. The van der Waals surface area contributed by atoms with Gasteiger partial charge in [-0.1, -0.05) is 13.0 Å². The van der Waals surface area contributed by atoms with Gasteiger partial charge in [-0.25, -0.2) is 4.79 Å². The first-order chi connectivity index (χ1) is 8.62. The molecule has 1 rings (SSSR count). The third kappa shape index (κ3) is 3.63. The summed E-state index contributed by atoms with van der Waals surface area (Å²) in [5.74, 6) is -0.144. The summed E-state index contributed by atoms with van der Waals surface area (Å²) in [7, 11) is 2.95. The highest BCUT2D eigenvalue weighted by atomic mass is 16.6. The molecule has 0 aliphatic heterocycles. The van der Waals surface area contributed by atoms with Gasteiger partial charge in [-0.3, -0.25) is 0 Å². The summed E-state index contributed by atoms with van der Waals surface area (Å²) < 4.78 is 15.4. The monoisotopic (exact) mass is 254 g/mol. The number of hydrogen-bond acceptors (Lipinski definition) is 4. The summed E-state index contributed by atoms with van der Waals surface area (Å²) in [5, 5.41) is 8.98. The lowest BCUT2D eigenvalue weighted by Gasteiger charge is -2.16. The van der Waals surface area contributed by atoms with Crippen molar-refractivity contribution in [3.05, 3.63) is 23.8 Å². The Morgan fingerprint density at radius 2 is 2.06 bits per heavy atom. The molecule has 5 heteroatoms. The fourth-order valence-electron chi connectivity index (χ4n) is 1.49. The topological polar surface area (TPSA) is 65.0 Å². The zero-order valence-electron chi connectivity index (χ0n) is 10.8. The zero-order chi connectivity index (χ0) is 13.5. The van der Waals surface area contributed by atoms with Crippen molar-refractivity contribution in [1.29, 1.82) is 0 Å². The standard InChI is InChI=1S/C13H18O5/c1-4-9-5-6-10(11(7-9)17-3)18-12(8-16-2)13(14)15/h5-7,12H,4,8H2,1-3H3,(H,14,15). The van der Waals surface area contributed by atoms with Crippen molar-refractivity contribution in [2.45, 2.75) is 19.4 Å². The van der Waals surface area contributed by atoms with E-state index in [9.17, 15) is 4.79 Å². The molecule has 1 aromatic carbocycles. The highest BCUT2D eigenvalue weighted by Crippen LogP contribution is 2.29. The van der Waals surface area contributed by atoms with Crippen LogP contribution in [0.5, 0.6) is 11.5 Å². The number of benzene rings is 1. The van der Waals surface area contributed by atoms with E-state index < -0.39 is 12.1 Å². The number of carboxylic acids is 1. The Hall–Kier alpha value is -1.75. The van der Waals surface area contributed by atoms with Gasteiger partial charge in [0.25, 0.3) is 0 Å². The van der Waals surface area contributed by atoms with Crippen LogP contribution >= 0.6 is 0 Å². The van der Waals surface area contributed by atoms with Gasteiger partial charge in [-0.2, -0.15) is 0 Å². The third-order valence-electron chi connectivity index (χ3n) is 2.50. The summed E-state index contributed by atoms with van der Waals surface area (Å²) in [4.78, 5) is 11.0. The van der Waals surface area contributed by atoms with Crippen molar-refractivity contribution in [1.82, 2.24) is 0 Å². The highest BCUT2D eigenvalue weighted by molar-refractivity contribution is 5.73. The second-order valence-electron chi connectivity index (χ2n) is 3.74. The SMILES string of the molecule is CCc1ccc(OC(COC)C(=O)O)c(OC)c1. The Morgan fingerprint density at radius 1 is 1.33 bits per heavy atom. The van der Waals surface area contributed by atoms with Gasteiger partial charge in [0.15, 0.2) is 11.5 Å². The van der Waals surface area contributed by atoms with E-state index in [1.54, 1.807) is 6.07 Å². The number of rotatable bonds is 7. The Balaban J connectivity index is 2.91. The van der Waals surface area contributed by atoms with Crippen LogP contribution in [0.1, 0.15) is 12.5 Å². The van der Waals surface area contributed by atoms with Crippen LogP contribution < -0.4 is 9.47 Å². The van der Waals surface area contributed by atoms with Crippen molar-refractivity contribution in [3.8, 4) is 11.5 Å². The average molecular weight is 254 g/mol. The molecule has 1 aromatic rings. The van der Waals surface area contributed by atoms with Gasteiger partial charge in [0, 0.05) is 7.11 Å². The molecule has 0 amide bonds. The Labute approximate surface area is 106 Å². The van der Waals surface area contributed by atoms with E-state index in [0.29, 0.717) is 11.5 Å². The molecule has 0 fully saturated rings. The molecule has 1 N–H and O–H groups in total. The minimum atomic E-state index is -1.07. The second kappa shape index (κ2) is 6.86. The quantitative estimate of drug-likeness (QED) is 0.802. The van der Waals surface area contributed by atoms with E-state index in [4.69, 9.17) is 19.3 Å². The van der Waals surface area contributed by atoms with Crippen LogP contribution in [-0.4, -0.2) is 38.0 Å². The molecule has 1 unspecified atom stereocenters. The molecule has 0 aliphatic rings. The van der Waals surface area contributed by atoms with Crippen LogP contribution in [0.3, 0.4) is 0 Å². The number of aliphatic carboxylic acids is 1. The van der Waals surface area contributed by atoms with Crippen molar-refractivity contribution >= 4 is 5.97 Å². The molecule has 0 heterocycles. The Morgan fingerprint density at radius 3 is 2.56 bits per heavy atom. The van der Waals surface area contributed by atoms with Crippen molar-refractivity contribution in [2.24, 2.45) is 0 Å². The molecule has 18 heavy (non-hydrogen) atoms. The summed E-state index contributed by atoms with van der Waals surface area (Å²) >= 11 is 0. The second-order valence-corrected chi connectivity index (χ2v) is 3.74. The minimum Gasteiger partial charge on any atom is -0.493 e. The Bertz CT molecular complexity index is 402. The van der Waals surface area contributed by atoms with Gasteiger partial charge < -0.3 is 19.3 Å². The van der Waals surface area contributed by atoms with Crippen molar-refractivity contribution < 1.29 is 24.1 Å². The maximum absolute atomic E-state index is 11.0. The Kier molecular flexibility index (Phi) is 5.45. The maximum atomic E-state index is 11.0. The predicted octanol–water partition coefficient (Wildman–Crippen LogP) is 1.74. The van der Waals surface area contributed by atoms with Gasteiger partial charge in [0.05, 0.1) is 13.7 Å². The lowest BCUT2D eigenvalue weighted by atomic mass is 10.1. The number of ether oxygens (including phenoxy) is 3. The molecule has 0 saturated heterocycles. The highest BCUT2D eigenvalue weighted by Gasteiger charge is 2.21. The number of carbonyl (C=O) groups is 1. The molecular weight excluding hydrogens is 236 g/mol. The normalized spacial score (nSPS) is 11.9. The van der Waals surface area contributed by atoms with E-state index in [2.05, 4.69) is 0 Å². The molecule has 5 nitrogen and oxygen atoms in total. The summed E-state index contributed by atoms with van der Waals surface area (Å²) in [6.07, 6.45) is -0.173. The van der Waals surface area contributed by atoms with E-state index in [1.807, 2.05) is 19.1 Å². The lowest BCUT2D eigenvalue weighted by molar-refractivity contribution is -0.147. The van der Waals surface area contributed by atoms with Crippen LogP contribution in [0.2, 0.25) is 0 Å². The molecule has 0 spiro atoms. The van der Waals surface area contributed by atoms with E-state index in [-0.39, 0.29) is 6.61 Å². The number of carboxylic acid groups (broad SMARTS) is 1. The van der Waals surface area contributed by atoms with Gasteiger partial charge in [0.1, 0.15) is 0 Å². The van der Waals surface area contributed by atoms with Crippen molar-refractivity contribution in [3.63, 3.8) is 0 Å². The first-order valence-corrected chi connectivity index (χ1v) is 5.67. The van der Waals surface area contributed by atoms with E-state index in [1.165, 1.54) is 14.2 Å². The van der Waals surface area contributed by atoms with Crippen LogP contribution in [0.25, 0.3) is 0 Å². The van der Waals surface area contributed by atoms with E-state index in [0.717, 1.165) is 12.0 Å². The molecule has 0 saturated carbocycles. The molecule has 100 valence electrons. The van der Waals surface area contributed by atoms with Gasteiger partial charge in [0.2, 0.25) is 6.10 Å². The van der Waals surface area contributed by atoms with Crippen LogP contribution in [-0.2, 0) is 16.0 Å². The number of hydrogen-bond donors (Lipinski definition) is 1. The molecule has 0 aromatic heterocycles. The summed E-state index contributed by atoms with van der Waals surface area (Å²) in [5.41, 5.74) is 1.10. The fourth-order valence-corrected chi connectivity index (χ4v) is 1.49. The van der Waals surface area contributed by atoms with Gasteiger partial charge >= 0.3 is 5.97 Å². The van der Waals surface area contributed by atoms with Crippen LogP contribution in [0.4, 0.5) is 0 Å². The number of aryl methyl sites for hydroxylation is 1. The van der Waals surface area contributed by atoms with Crippen LogP contribution in [0, 0.1) is 0 Å². The zero-order valence-corrected chi connectivity index (χ0v) is 10.8. The summed E-state index contributed by atoms with van der Waals surface area (Å²) in [6, 6.07) is 5.42. The van der Waals surface area contributed by atoms with E-state index >= 15 is 0 Å².